The average Bonchev–Trinajstić information content (AvgIpc) is 3.31. The number of benzene rings is 3. The Morgan fingerprint density at radius 2 is 1.71 bits per heavy atom. The predicted molar refractivity (Wildman–Crippen MR) is 136 cm³/mol. The first-order chi connectivity index (χ1) is 16.5. The first-order valence-corrected chi connectivity index (χ1v) is 11.4. The van der Waals surface area contributed by atoms with Crippen molar-refractivity contribution in [2.24, 2.45) is 0 Å². The molecule has 0 fully saturated rings. The summed E-state index contributed by atoms with van der Waals surface area (Å²) in [6.45, 7) is 0.880. The van der Waals surface area contributed by atoms with E-state index >= 15 is 0 Å². The maximum absolute atomic E-state index is 12.6. The lowest BCUT2D eigenvalue weighted by Crippen LogP contribution is -2.22. The van der Waals surface area contributed by atoms with Crippen molar-refractivity contribution in [1.29, 1.82) is 0 Å². The van der Waals surface area contributed by atoms with Crippen LogP contribution in [0.5, 0.6) is 5.75 Å². The van der Waals surface area contributed by atoms with Crippen molar-refractivity contribution in [3.05, 3.63) is 118 Å². The van der Waals surface area contributed by atoms with Gasteiger partial charge in [-0.05, 0) is 53.6 Å². The van der Waals surface area contributed by atoms with Gasteiger partial charge in [0.2, 0.25) is 0 Å². The van der Waals surface area contributed by atoms with E-state index in [-0.39, 0.29) is 11.7 Å². The van der Waals surface area contributed by atoms with E-state index in [1.807, 2.05) is 91.8 Å². The number of carbonyl (C=O) groups is 1. The summed E-state index contributed by atoms with van der Waals surface area (Å²) >= 11 is 6.23. The lowest BCUT2D eigenvalue weighted by molar-refractivity contribution is 0.0921. The SMILES string of the molecule is CN(C)c1ccc(CNC(=O)c2ccc(Cc3cc(Cl)ccc3OCc3ccccc3)o2)cc1. The number of hydrogen-bond acceptors (Lipinski definition) is 4. The molecular weight excluding hydrogens is 448 g/mol. The third kappa shape index (κ3) is 6.21. The second-order valence-corrected chi connectivity index (χ2v) is 8.65. The highest BCUT2D eigenvalue weighted by atomic mass is 35.5. The van der Waals surface area contributed by atoms with Crippen molar-refractivity contribution in [3.8, 4) is 5.75 Å². The lowest BCUT2D eigenvalue weighted by Gasteiger charge is -2.12. The molecule has 0 saturated carbocycles. The number of amides is 1. The highest BCUT2D eigenvalue weighted by molar-refractivity contribution is 6.30. The minimum Gasteiger partial charge on any atom is -0.489 e. The lowest BCUT2D eigenvalue weighted by atomic mass is 10.1. The van der Waals surface area contributed by atoms with E-state index in [4.69, 9.17) is 20.8 Å². The highest BCUT2D eigenvalue weighted by Crippen LogP contribution is 2.27. The molecule has 4 rings (SSSR count). The van der Waals surface area contributed by atoms with Crippen molar-refractivity contribution in [1.82, 2.24) is 5.32 Å². The van der Waals surface area contributed by atoms with Gasteiger partial charge in [-0.25, -0.2) is 0 Å². The maximum Gasteiger partial charge on any atom is 0.287 e. The van der Waals surface area contributed by atoms with Crippen LogP contribution in [0.1, 0.15) is 33.0 Å². The Bertz CT molecular complexity index is 1230. The van der Waals surface area contributed by atoms with Crippen molar-refractivity contribution in [3.63, 3.8) is 0 Å². The molecule has 1 N–H and O–H groups in total. The minimum atomic E-state index is -0.255. The van der Waals surface area contributed by atoms with Crippen molar-refractivity contribution < 1.29 is 13.9 Å². The topological polar surface area (TPSA) is 54.7 Å². The summed E-state index contributed by atoms with van der Waals surface area (Å²) in [5, 5.41) is 3.53. The summed E-state index contributed by atoms with van der Waals surface area (Å²) in [4.78, 5) is 14.6. The molecule has 1 heterocycles. The Balaban J connectivity index is 1.38. The Labute approximate surface area is 204 Å². The van der Waals surface area contributed by atoms with Crippen LogP contribution in [-0.2, 0) is 19.6 Å². The molecule has 0 aliphatic rings. The van der Waals surface area contributed by atoms with Gasteiger partial charge in [-0.1, -0.05) is 54.1 Å². The van der Waals surface area contributed by atoms with Crippen molar-refractivity contribution in [2.75, 3.05) is 19.0 Å². The number of halogens is 1. The minimum absolute atomic E-state index is 0.255. The standard InChI is InChI=1S/C28H27ClN2O3/c1-31(2)24-11-8-20(9-12-24)18-30-28(32)27-15-13-25(34-27)17-22-16-23(29)10-14-26(22)33-19-21-6-4-3-5-7-21/h3-16H,17-19H2,1-2H3,(H,30,32). The van der Waals surface area contributed by atoms with Crippen LogP contribution in [0.4, 0.5) is 5.69 Å². The van der Waals surface area contributed by atoms with Gasteiger partial charge < -0.3 is 19.4 Å². The molecule has 34 heavy (non-hydrogen) atoms. The number of nitrogens with zero attached hydrogens (tertiary/aromatic N) is 1. The van der Waals surface area contributed by atoms with Crippen LogP contribution in [-0.4, -0.2) is 20.0 Å². The van der Waals surface area contributed by atoms with Crippen molar-refractivity contribution >= 4 is 23.2 Å². The number of furan rings is 1. The Morgan fingerprint density at radius 3 is 2.44 bits per heavy atom. The first-order valence-electron chi connectivity index (χ1n) is 11.1. The summed E-state index contributed by atoms with van der Waals surface area (Å²) in [5.41, 5.74) is 4.10. The van der Waals surface area contributed by atoms with Crippen LogP contribution in [0, 0.1) is 0 Å². The highest BCUT2D eigenvalue weighted by Gasteiger charge is 2.14. The summed E-state index contributed by atoms with van der Waals surface area (Å²) in [6.07, 6.45) is 0.462. The van der Waals surface area contributed by atoms with Gasteiger partial charge in [0.15, 0.2) is 5.76 Å². The summed E-state index contributed by atoms with van der Waals surface area (Å²) in [5.74, 6) is 1.41. The van der Waals surface area contributed by atoms with Crippen LogP contribution < -0.4 is 15.0 Å². The second kappa shape index (κ2) is 10.9. The molecule has 0 aliphatic heterocycles. The van der Waals surface area contributed by atoms with Gasteiger partial charge in [0.1, 0.15) is 18.1 Å². The number of hydrogen-bond donors (Lipinski definition) is 1. The fourth-order valence-electron chi connectivity index (χ4n) is 3.53. The summed E-state index contributed by atoms with van der Waals surface area (Å²) < 4.78 is 11.9. The largest absolute Gasteiger partial charge is 0.489 e. The molecule has 5 nitrogen and oxygen atoms in total. The van der Waals surface area contributed by atoms with Crippen LogP contribution in [0.3, 0.4) is 0 Å². The summed E-state index contributed by atoms with van der Waals surface area (Å²) in [6, 6.07) is 27.0. The van der Waals surface area contributed by atoms with Gasteiger partial charge in [-0.3, -0.25) is 4.79 Å². The van der Waals surface area contributed by atoms with Gasteiger partial charge in [0.05, 0.1) is 0 Å². The van der Waals surface area contributed by atoms with E-state index < -0.39 is 0 Å². The number of carbonyl (C=O) groups excluding carboxylic acids is 1. The summed E-state index contributed by atoms with van der Waals surface area (Å²) in [7, 11) is 3.99. The smallest absolute Gasteiger partial charge is 0.287 e. The van der Waals surface area contributed by atoms with Crippen LogP contribution in [0.25, 0.3) is 0 Å². The molecule has 0 unspecified atom stereocenters. The van der Waals surface area contributed by atoms with E-state index in [9.17, 15) is 4.79 Å². The zero-order valence-electron chi connectivity index (χ0n) is 19.3. The number of rotatable bonds is 9. The Hall–Kier alpha value is -3.70. The molecular formula is C28H27ClN2O3. The third-order valence-corrected chi connectivity index (χ3v) is 5.65. The van der Waals surface area contributed by atoms with E-state index in [2.05, 4.69) is 5.32 Å². The van der Waals surface area contributed by atoms with Gasteiger partial charge in [0.25, 0.3) is 5.91 Å². The predicted octanol–water partition coefficient (Wildman–Crippen LogP) is 6.10. The van der Waals surface area contributed by atoms with E-state index in [1.54, 1.807) is 12.1 Å². The van der Waals surface area contributed by atoms with Gasteiger partial charge >= 0.3 is 0 Å². The third-order valence-electron chi connectivity index (χ3n) is 5.42. The molecule has 1 amide bonds. The molecule has 0 bridgehead atoms. The molecule has 0 radical (unpaired) electrons. The van der Waals surface area contributed by atoms with E-state index in [0.29, 0.717) is 30.4 Å². The zero-order valence-corrected chi connectivity index (χ0v) is 20.0. The molecule has 4 aromatic rings. The van der Waals surface area contributed by atoms with Crippen LogP contribution in [0.15, 0.2) is 89.3 Å². The van der Waals surface area contributed by atoms with Gasteiger partial charge in [-0.15, -0.1) is 0 Å². The zero-order chi connectivity index (χ0) is 23.9. The molecule has 3 aromatic carbocycles. The Morgan fingerprint density at radius 1 is 0.941 bits per heavy atom. The molecule has 0 atom stereocenters. The average molecular weight is 475 g/mol. The maximum atomic E-state index is 12.6. The molecule has 0 saturated heterocycles. The van der Waals surface area contributed by atoms with Crippen LogP contribution >= 0.6 is 11.6 Å². The normalized spacial score (nSPS) is 10.7. The number of nitrogens with one attached hydrogen (secondary N) is 1. The molecule has 1 aromatic heterocycles. The fourth-order valence-corrected chi connectivity index (χ4v) is 3.72. The molecule has 174 valence electrons. The Kier molecular flexibility index (Phi) is 7.55. The second-order valence-electron chi connectivity index (χ2n) is 8.21. The number of anilines is 1. The fraction of sp³-hybridized carbons (Fsp3) is 0.179. The molecule has 0 spiro atoms. The van der Waals surface area contributed by atoms with Gasteiger partial charge in [0, 0.05) is 43.3 Å². The van der Waals surface area contributed by atoms with Crippen LogP contribution in [0.2, 0.25) is 5.02 Å². The number of ether oxygens (including phenoxy) is 1. The van der Waals surface area contributed by atoms with E-state index in [1.165, 1.54) is 0 Å². The molecule has 6 heteroatoms. The van der Waals surface area contributed by atoms with E-state index in [0.717, 1.165) is 28.1 Å². The van der Waals surface area contributed by atoms with Gasteiger partial charge in [-0.2, -0.15) is 0 Å². The van der Waals surface area contributed by atoms with Crippen molar-refractivity contribution in [2.45, 2.75) is 19.6 Å². The first kappa shape index (κ1) is 23.5. The molecule has 0 aliphatic carbocycles. The monoisotopic (exact) mass is 474 g/mol. The quantitative estimate of drug-likeness (QED) is 0.318.